The number of nitrogens with zero attached hydrogens (tertiary/aromatic N) is 1. The number of carbonyl (C=O) groups excluding carboxylic acids is 1. The second kappa shape index (κ2) is 6.17. The van der Waals surface area contributed by atoms with Crippen molar-refractivity contribution in [3.05, 3.63) is 34.5 Å². The van der Waals surface area contributed by atoms with Gasteiger partial charge in [0.15, 0.2) is 0 Å². The van der Waals surface area contributed by atoms with Gasteiger partial charge < -0.3 is 15.1 Å². The van der Waals surface area contributed by atoms with Gasteiger partial charge in [-0.3, -0.25) is 4.79 Å². The summed E-state index contributed by atoms with van der Waals surface area (Å²) in [5, 5.41) is 17.6. The molecule has 0 unspecified atom stereocenters. The minimum atomic E-state index is -1.05. The quantitative estimate of drug-likeness (QED) is 0.745. The molecule has 0 saturated carbocycles. The standard InChI is InChI=1S/C11H13NO4S/c1-2-5-12(6-7-13)10(14)8-3-4-9(17-8)11(15)16/h2-4,13H,1,5-7H2,(H,15,16). The zero-order valence-electron chi connectivity index (χ0n) is 9.13. The first-order chi connectivity index (χ1) is 8.10. The summed E-state index contributed by atoms with van der Waals surface area (Å²) in [7, 11) is 0. The van der Waals surface area contributed by atoms with Crippen LogP contribution in [0.15, 0.2) is 24.8 Å². The van der Waals surface area contributed by atoms with Gasteiger partial charge in [-0.1, -0.05) is 6.08 Å². The third kappa shape index (κ3) is 3.40. The number of rotatable bonds is 6. The maximum Gasteiger partial charge on any atom is 0.345 e. The molecule has 1 amide bonds. The molecule has 2 N–H and O–H groups in total. The first-order valence-corrected chi connectivity index (χ1v) is 5.76. The molecule has 0 fully saturated rings. The molecule has 0 aliphatic rings. The van der Waals surface area contributed by atoms with Crippen molar-refractivity contribution in [2.45, 2.75) is 0 Å². The molecule has 0 radical (unpaired) electrons. The maximum atomic E-state index is 11.9. The third-order valence-electron chi connectivity index (χ3n) is 2.03. The first-order valence-electron chi connectivity index (χ1n) is 4.94. The SMILES string of the molecule is C=CCN(CCO)C(=O)c1ccc(C(=O)O)s1. The van der Waals surface area contributed by atoms with Gasteiger partial charge in [0, 0.05) is 13.1 Å². The van der Waals surface area contributed by atoms with Crippen molar-refractivity contribution in [2.75, 3.05) is 19.7 Å². The van der Waals surface area contributed by atoms with E-state index >= 15 is 0 Å². The van der Waals surface area contributed by atoms with E-state index in [0.29, 0.717) is 11.4 Å². The van der Waals surface area contributed by atoms with Crippen LogP contribution in [0.1, 0.15) is 19.3 Å². The number of carboxylic acids is 1. The lowest BCUT2D eigenvalue weighted by Crippen LogP contribution is -2.33. The smallest absolute Gasteiger partial charge is 0.345 e. The predicted octanol–water partition coefficient (Wildman–Crippen LogP) is 1.07. The van der Waals surface area contributed by atoms with Crippen LogP contribution in [0.25, 0.3) is 0 Å². The average Bonchev–Trinajstić information content (AvgIpc) is 2.77. The highest BCUT2D eigenvalue weighted by atomic mass is 32.1. The van der Waals surface area contributed by atoms with Crippen molar-refractivity contribution in [3.63, 3.8) is 0 Å². The van der Waals surface area contributed by atoms with Gasteiger partial charge in [-0.25, -0.2) is 4.79 Å². The van der Waals surface area contributed by atoms with Gasteiger partial charge in [0.1, 0.15) is 4.88 Å². The monoisotopic (exact) mass is 255 g/mol. The third-order valence-corrected chi connectivity index (χ3v) is 3.10. The average molecular weight is 255 g/mol. The van der Waals surface area contributed by atoms with Crippen molar-refractivity contribution in [3.8, 4) is 0 Å². The summed E-state index contributed by atoms with van der Waals surface area (Å²) in [4.78, 5) is 24.5. The molecule has 1 aromatic heterocycles. The second-order valence-corrected chi connectivity index (χ2v) is 4.32. The van der Waals surface area contributed by atoms with Gasteiger partial charge in [-0.15, -0.1) is 17.9 Å². The van der Waals surface area contributed by atoms with E-state index in [1.165, 1.54) is 17.0 Å². The number of hydrogen-bond acceptors (Lipinski definition) is 4. The molecule has 0 saturated heterocycles. The minimum Gasteiger partial charge on any atom is -0.477 e. The van der Waals surface area contributed by atoms with Gasteiger partial charge in [0.2, 0.25) is 0 Å². The van der Waals surface area contributed by atoms with Crippen LogP contribution in [-0.2, 0) is 0 Å². The highest BCUT2D eigenvalue weighted by molar-refractivity contribution is 7.15. The van der Waals surface area contributed by atoms with Crippen molar-refractivity contribution < 1.29 is 19.8 Å². The molecule has 0 atom stereocenters. The lowest BCUT2D eigenvalue weighted by molar-refractivity contribution is 0.0701. The van der Waals surface area contributed by atoms with E-state index in [9.17, 15) is 9.59 Å². The van der Waals surface area contributed by atoms with E-state index in [4.69, 9.17) is 10.2 Å². The van der Waals surface area contributed by atoms with Crippen LogP contribution in [0.4, 0.5) is 0 Å². The van der Waals surface area contributed by atoms with Gasteiger partial charge in [0.25, 0.3) is 5.91 Å². The predicted molar refractivity (Wildman–Crippen MR) is 64.5 cm³/mol. The van der Waals surface area contributed by atoms with E-state index in [-0.39, 0.29) is 23.9 Å². The molecule has 0 aliphatic carbocycles. The minimum absolute atomic E-state index is 0.121. The normalized spacial score (nSPS) is 9.94. The van der Waals surface area contributed by atoms with Crippen LogP contribution >= 0.6 is 11.3 Å². The Balaban J connectivity index is 2.84. The molecule has 1 aromatic rings. The van der Waals surface area contributed by atoms with Crippen molar-refractivity contribution in [2.24, 2.45) is 0 Å². The molecule has 6 heteroatoms. The summed E-state index contributed by atoms with van der Waals surface area (Å²) >= 11 is 0.922. The highest BCUT2D eigenvalue weighted by Crippen LogP contribution is 2.18. The van der Waals surface area contributed by atoms with Crippen molar-refractivity contribution in [1.82, 2.24) is 4.90 Å². The molecule has 92 valence electrons. The topological polar surface area (TPSA) is 77.8 Å². The van der Waals surface area contributed by atoms with Crippen LogP contribution in [0.2, 0.25) is 0 Å². The second-order valence-electron chi connectivity index (χ2n) is 3.23. The van der Waals surface area contributed by atoms with E-state index < -0.39 is 5.97 Å². The molecule has 0 spiro atoms. The first kappa shape index (κ1) is 13.4. The molecule has 0 aromatic carbocycles. The van der Waals surface area contributed by atoms with Crippen molar-refractivity contribution >= 4 is 23.2 Å². The number of aromatic carboxylic acids is 1. The number of carbonyl (C=O) groups is 2. The zero-order chi connectivity index (χ0) is 12.8. The van der Waals surface area contributed by atoms with Gasteiger partial charge in [-0.05, 0) is 12.1 Å². The Hall–Kier alpha value is -1.66. The fourth-order valence-corrected chi connectivity index (χ4v) is 2.09. The Morgan fingerprint density at radius 3 is 2.53 bits per heavy atom. The summed E-state index contributed by atoms with van der Waals surface area (Å²) in [6, 6.07) is 2.87. The molecule has 1 heterocycles. The molecule has 1 rings (SSSR count). The number of aliphatic hydroxyl groups excluding tert-OH is 1. The van der Waals surface area contributed by atoms with E-state index in [0.717, 1.165) is 11.3 Å². The van der Waals surface area contributed by atoms with Crippen LogP contribution in [-0.4, -0.2) is 46.7 Å². The van der Waals surface area contributed by atoms with Gasteiger partial charge in [0.05, 0.1) is 11.5 Å². The summed E-state index contributed by atoms with van der Waals surface area (Å²) in [5.41, 5.74) is 0. The number of thiophene rings is 1. The Morgan fingerprint density at radius 2 is 2.06 bits per heavy atom. The van der Waals surface area contributed by atoms with Gasteiger partial charge in [-0.2, -0.15) is 0 Å². The van der Waals surface area contributed by atoms with Crippen molar-refractivity contribution in [1.29, 1.82) is 0 Å². The largest absolute Gasteiger partial charge is 0.477 e. The lowest BCUT2D eigenvalue weighted by atomic mass is 10.3. The van der Waals surface area contributed by atoms with Crippen LogP contribution in [0, 0.1) is 0 Å². The van der Waals surface area contributed by atoms with Crippen LogP contribution < -0.4 is 0 Å². The molecular formula is C11H13NO4S. The summed E-state index contributed by atoms with van der Waals surface area (Å²) < 4.78 is 0. The summed E-state index contributed by atoms with van der Waals surface area (Å²) in [6.45, 7) is 3.90. The molecule has 5 nitrogen and oxygen atoms in total. The maximum absolute atomic E-state index is 11.9. The molecule has 0 aliphatic heterocycles. The summed E-state index contributed by atoms with van der Waals surface area (Å²) in [5.74, 6) is -1.34. The Kier molecular flexibility index (Phi) is 4.86. The van der Waals surface area contributed by atoms with E-state index in [1.54, 1.807) is 6.08 Å². The van der Waals surface area contributed by atoms with Gasteiger partial charge >= 0.3 is 5.97 Å². The number of hydrogen-bond donors (Lipinski definition) is 2. The Morgan fingerprint density at radius 1 is 1.41 bits per heavy atom. The molecular weight excluding hydrogens is 242 g/mol. The summed E-state index contributed by atoms with van der Waals surface area (Å²) in [6.07, 6.45) is 1.55. The van der Waals surface area contributed by atoms with E-state index in [1.807, 2.05) is 0 Å². The number of carboxylic acid groups (broad SMARTS) is 1. The van der Waals surface area contributed by atoms with Crippen LogP contribution in [0.5, 0.6) is 0 Å². The molecule has 17 heavy (non-hydrogen) atoms. The zero-order valence-corrected chi connectivity index (χ0v) is 9.94. The Labute approximate surface area is 103 Å². The molecule has 0 bridgehead atoms. The lowest BCUT2D eigenvalue weighted by Gasteiger charge is -2.18. The van der Waals surface area contributed by atoms with Crippen LogP contribution in [0.3, 0.4) is 0 Å². The number of amides is 1. The fourth-order valence-electron chi connectivity index (χ4n) is 1.28. The number of aliphatic hydroxyl groups is 1. The highest BCUT2D eigenvalue weighted by Gasteiger charge is 2.17. The fraction of sp³-hybridized carbons (Fsp3) is 0.273. The Bertz CT molecular complexity index is 427. The van der Waals surface area contributed by atoms with E-state index in [2.05, 4.69) is 6.58 Å².